The Morgan fingerprint density at radius 2 is 0.472 bits per heavy atom. The van der Waals surface area contributed by atoms with Crippen LogP contribution in [0.15, 0.2) is 267 Å². The van der Waals surface area contributed by atoms with Crippen LogP contribution in [0.5, 0.6) is 0 Å². The number of benzene rings is 12. The molecule has 0 spiro atoms. The van der Waals surface area contributed by atoms with Crippen LogP contribution in [0.1, 0.15) is 233 Å². The second-order valence-corrected chi connectivity index (χ2v) is 31.3. The van der Waals surface area contributed by atoms with Crippen LogP contribution in [0.25, 0.3) is 43.8 Å². The number of fused-ring (bicyclic) bond motifs is 2. The lowest BCUT2D eigenvalue weighted by Gasteiger charge is -2.26. The molecule has 108 heavy (non-hydrogen) atoms. The summed E-state index contributed by atoms with van der Waals surface area (Å²) in [4.78, 5) is 0. The standard InChI is InChI=1S/2C14H20.2C14H14.2C11H10.2C9H12.C8H16.2C2H6/c3*1-11-3-7-13(8-4-11)14-9-5-12(2)6-10-14;1-11-7-3-5-9-13(11)14-10-6-4-8-12(14)2;1-9-5-4-7-10-6-2-3-8-11(9)10;1-9-6-7-10-4-2-3-5-11(10)8-9;2*1-7-4-5-8(2)9(3)6-7;1-7-3-5-8(2)6-4-7;2*1-2/h2*3-4,7-8,12,14H,5-6,9-10H2,1-2H3;2*3-10H,1-2H3;2*2-8H,1H3;2*4-6H,1-3H3;7-8H,3-6H2,1-2H3;2*1-2H3. The van der Waals surface area contributed by atoms with Crippen molar-refractivity contribution in [2.24, 2.45) is 23.7 Å². The van der Waals surface area contributed by atoms with Gasteiger partial charge < -0.3 is 0 Å². The smallest absolute Gasteiger partial charge is 0.0152 e. The quantitative estimate of drug-likeness (QED) is 0.165. The molecule has 0 radical (unpaired) electrons. The molecule has 3 aliphatic rings. The zero-order valence-corrected chi connectivity index (χ0v) is 71.4. The van der Waals surface area contributed by atoms with Crippen LogP contribution < -0.4 is 0 Å². The Balaban J connectivity index is 0.000000218. The molecule has 572 valence electrons. The molecule has 0 aliphatic heterocycles. The first-order valence-corrected chi connectivity index (χ1v) is 41.3. The van der Waals surface area contributed by atoms with Gasteiger partial charge in [-0.2, -0.15) is 0 Å². The topological polar surface area (TPSA) is 0 Å². The Morgan fingerprint density at radius 3 is 0.824 bits per heavy atom. The summed E-state index contributed by atoms with van der Waals surface area (Å²) in [7, 11) is 0. The van der Waals surface area contributed by atoms with Crippen molar-refractivity contribution in [1.82, 2.24) is 0 Å². The minimum Gasteiger partial charge on any atom is -0.0683 e. The Labute approximate surface area is 660 Å². The minimum absolute atomic E-state index is 0.840. The van der Waals surface area contributed by atoms with Crippen LogP contribution in [-0.2, 0) is 0 Å². The van der Waals surface area contributed by atoms with Crippen LogP contribution in [0.3, 0.4) is 0 Å². The van der Waals surface area contributed by atoms with E-state index >= 15 is 0 Å². The maximum atomic E-state index is 2.38. The monoisotopic (exact) mass is 1440 g/mol. The van der Waals surface area contributed by atoms with E-state index in [4.69, 9.17) is 0 Å². The van der Waals surface area contributed by atoms with Crippen molar-refractivity contribution in [2.75, 3.05) is 0 Å². The maximum absolute atomic E-state index is 2.38. The lowest BCUT2D eigenvalue weighted by Crippen LogP contribution is -2.10. The molecular weight excluding hydrogens is 1300 g/mol. The summed E-state index contributed by atoms with van der Waals surface area (Å²) >= 11 is 0. The second-order valence-electron chi connectivity index (χ2n) is 31.3. The molecule has 12 aromatic rings. The highest BCUT2D eigenvalue weighted by Crippen LogP contribution is 2.37. The average molecular weight is 1440 g/mol. The van der Waals surface area contributed by atoms with Crippen molar-refractivity contribution in [3.8, 4) is 22.3 Å². The molecule has 3 aliphatic carbocycles. The molecule has 0 N–H and O–H groups in total. The molecule has 0 bridgehead atoms. The number of rotatable bonds is 4. The van der Waals surface area contributed by atoms with Crippen molar-refractivity contribution in [3.05, 3.63) is 356 Å². The Bertz CT molecular complexity index is 4180. The van der Waals surface area contributed by atoms with Crippen LogP contribution >= 0.6 is 0 Å². The zero-order chi connectivity index (χ0) is 78.9. The van der Waals surface area contributed by atoms with E-state index in [0.717, 1.165) is 35.5 Å². The number of hydrogen-bond donors (Lipinski definition) is 0. The maximum Gasteiger partial charge on any atom is -0.0152 e. The Hall–Kier alpha value is -8.84. The van der Waals surface area contributed by atoms with Gasteiger partial charge in [-0.15, -0.1) is 0 Å². The summed E-state index contributed by atoms with van der Waals surface area (Å²) < 4.78 is 0. The van der Waals surface area contributed by atoms with Gasteiger partial charge in [-0.1, -0.05) is 413 Å². The van der Waals surface area contributed by atoms with Gasteiger partial charge in [-0.05, 0) is 252 Å². The highest BCUT2D eigenvalue weighted by molar-refractivity contribution is 5.85. The molecule has 0 heteroatoms. The minimum atomic E-state index is 0.840. The van der Waals surface area contributed by atoms with Crippen LogP contribution in [-0.4, -0.2) is 0 Å². The third kappa shape index (κ3) is 32.5. The normalized spacial score (nSPS) is 16.5. The third-order valence-corrected chi connectivity index (χ3v) is 21.7. The van der Waals surface area contributed by atoms with Crippen LogP contribution in [0, 0.1) is 121 Å². The lowest BCUT2D eigenvalue weighted by molar-refractivity contribution is 0.308. The fourth-order valence-electron chi connectivity index (χ4n) is 14.0. The summed E-state index contributed by atoms with van der Waals surface area (Å²) in [6, 6.07) is 95.3. The van der Waals surface area contributed by atoms with Gasteiger partial charge in [-0.25, -0.2) is 0 Å². The summed E-state index contributed by atoms with van der Waals surface area (Å²) in [6.45, 7) is 47.4. The van der Waals surface area contributed by atoms with Crippen molar-refractivity contribution in [2.45, 2.75) is 241 Å². The van der Waals surface area contributed by atoms with E-state index in [2.05, 4.69) is 392 Å². The number of hydrogen-bond acceptors (Lipinski definition) is 0. The first kappa shape index (κ1) is 89.8. The van der Waals surface area contributed by atoms with Crippen molar-refractivity contribution in [3.63, 3.8) is 0 Å². The fraction of sp³-hybridized carbons (Fsp3) is 0.370. The van der Waals surface area contributed by atoms with E-state index in [9.17, 15) is 0 Å². The molecule has 3 fully saturated rings. The van der Waals surface area contributed by atoms with E-state index in [1.165, 1.54) is 199 Å². The highest BCUT2D eigenvalue weighted by Gasteiger charge is 2.21. The molecule has 0 unspecified atom stereocenters. The molecule has 0 saturated heterocycles. The van der Waals surface area contributed by atoms with Gasteiger partial charge in [0.1, 0.15) is 0 Å². The van der Waals surface area contributed by atoms with E-state index in [0.29, 0.717) is 0 Å². The molecule has 0 atom stereocenters. The zero-order valence-electron chi connectivity index (χ0n) is 71.4. The summed E-state index contributed by atoms with van der Waals surface area (Å²) in [5.74, 6) is 5.63. The summed E-state index contributed by atoms with van der Waals surface area (Å²) in [5.41, 5.74) is 27.3. The van der Waals surface area contributed by atoms with Crippen LogP contribution in [0.4, 0.5) is 0 Å². The fourth-order valence-corrected chi connectivity index (χ4v) is 14.0. The van der Waals surface area contributed by atoms with Gasteiger partial charge in [0.25, 0.3) is 0 Å². The van der Waals surface area contributed by atoms with Crippen molar-refractivity contribution in [1.29, 1.82) is 0 Å². The van der Waals surface area contributed by atoms with Gasteiger partial charge >= 0.3 is 0 Å². The molecular formula is C108H140. The predicted molar refractivity (Wildman–Crippen MR) is 484 cm³/mol. The molecule has 0 amide bonds. The molecule has 3 saturated carbocycles. The Kier molecular flexibility index (Phi) is 40.9. The third-order valence-electron chi connectivity index (χ3n) is 21.7. The molecule has 12 aromatic carbocycles. The summed E-state index contributed by atoms with van der Waals surface area (Å²) in [5, 5.41) is 5.33. The lowest BCUT2D eigenvalue weighted by atomic mass is 9.79. The van der Waals surface area contributed by atoms with E-state index < -0.39 is 0 Å². The van der Waals surface area contributed by atoms with E-state index in [-0.39, 0.29) is 0 Å². The van der Waals surface area contributed by atoms with Crippen molar-refractivity contribution >= 4 is 21.5 Å². The molecule has 0 nitrogen and oxygen atoms in total. The van der Waals surface area contributed by atoms with Crippen molar-refractivity contribution < 1.29 is 0 Å². The molecule has 0 aromatic heterocycles. The largest absolute Gasteiger partial charge is 0.0683 e. The molecule has 0 heterocycles. The van der Waals surface area contributed by atoms with E-state index in [1.54, 1.807) is 11.1 Å². The predicted octanol–water partition coefficient (Wildman–Crippen LogP) is 32.9. The number of aryl methyl sites for hydroxylation is 14. The second kappa shape index (κ2) is 49.3. The van der Waals surface area contributed by atoms with Gasteiger partial charge in [0.15, 0.2) is 0 Å². The van der Waals surface area contributed by atoms with Gasteiger partial charge in [-0.3, -0.25) is 0 Å². The van der Waals surface area contributed by atoms with E-state index in [1.807, 2.05) is 27.7 Å². The first-order valence-electron chi connectivity index (χ1n) is 41.3. The first-order chi connectivity index (χ1) is 52.0. The van der Waals surface area contributed by atoms with Gasteiger partial charge in [0, 0.05) is 0 Å². The van der Waals surface area contributed by atoms with Gasteiger partial charge in [0.05, 0.1) is 0 Å². The highest BCUT2D eigenvalue weighted by atomic mass is 14.3. The van der Waals surface area contributed by atoms with Gasteiger partial charge in [0.2, 0.25) is 0 Å². The summed E-state index contributed by atoms with van der Waals surface area (Å²) in [6.07, 6.45) is 17.1. The SMILES string of the molecule is CC.CC.CC1CCC(C)CC1.Cc1ccc(-c2ccc(C)cc2)cc1.Cc1ccc(C)c(C)c1.Cc1ccc(C)c(C)c1.Cc1ccc(C2CCC(C)CC2)cc1.Cc1ccc(C2CCC(C)CC2)cc1.Cc1ccc2ccccc2c1.Cc1cccc2ccccc12.Cc1ccccc1-c1ccccc1C. The molecule has 15 rings (SSSR count). The van der Waals surface area contributed by atoms with Crippen LogP contribution in [0.2, 0.25) is 0 Å². The Morgan fingerprint density at radius 1 is 0.194 bits per heavy atom. The average Bonchev–Trinajstić information content (AvgIpc) is 0.849.